The van der Waals surface area contributed by atoms with Gasteiger partial charge in [-0.1, -0.05) is 29.8 Å². The number of carbonyl (C=O) groups excluding carboxylic acids is 1. The molecule has 0 aromatic heterocycles. The van der Waals surface area contributed by atoms with Gasteiger partial charge in [-0.3, -0.25) is 4.79 Å². The summed E-state index contributed by atoms with van der Waals surface area (Å²) in [7, 11) is 0. The molecule has 5 heteroatoms. The van der Waals surface area contributed by atoms with E-state index in [9.17, 15) is 4.79 Å². The number of rotatable bonds is 5. The first kappa shape index (κ1) is 17.6. The molecule has 0 spiro atoms. The van der Waals surface area contributed by atoms with Gasteiger partial charge < -0.3 is 15.0 Å². The molecule has 1 heterocycles. The molecule has 1 aliphatic rings. The van der Waals surface area contributed by atoms with Gasteiger partial charge in [0.2, 0.25) is 0 Å². The van der Waals surface area contributed by atoms with Gasteiger partial charge in [-0.15, -0.1) is 0 Å². The van der Waals surface area contributed by atoms with Crippen LogP contribution in [0, 0.1) is 6.92 Å². The van der Waals surface area contributed by atoms with E-state index in [4.69, 9.17) is 16.3 Å². The Hall–Kier alpha value is -2.20. The molecule has 2 aromatic carbocycles. The van der Waals surface area contributed by atoms with Crippen LogP contribution >= 0.6 is 11.6 Å². The second-order valence-electron chi connectivity index (χ2n) is 6.45. The van der Waals surface area contributed by atoms with Crippen molar-refractivity contribution in [2.45, 2.75) is 32.4 Å². The van der Waals surface area contributed by atoms with Crippen molar-refractivity contribution in [3.05, 3.63) is 59.1 Å². The van der Waals surface area contributed by atoms with Crippen molar-refractivity contribution in [3.63, 3.8) is 0 Å². The van der Waals surface area contributed by atoms with Gasteiger partial charge in [-0.2, -0.15) is 0 Å². The number of hydrogen-bond donors (Lipinski definition) is 1. The first-order valence-corrected chi connectivity index (χ1v) is 8.94. The van der Waals surface area contributed by atoms with E-state index in [1.54, 1.807) is 19.1 Å². The zero-order valence-corrected chi connectivity index (χ0v) is 15.3. The monoisotopic (exact) mass is 358 g/mol. The molecule has 132 valence electrons. The zero-order valence-electron chi connectivity index (χ0n) is 14.5. The van der Waals surface area contributed by atoms with Gasteiger partial charge in [0.05, 0.1) is 0 Å². The van der Waals surface area contributed by atoms with Crippen molar-refractivity contribution in [2.75, 3.05) is 18.4 Å². The second kappa shape index (κ2) is 7.79. The lowest BCUT2D eigenvalue weighted by molar-refractivity contribution is -0.136. The first-order chi connectivity index (χ1) is 12.0. The Bertz CT molecular complexity index is 736. The van der Waals surface area contributed by atoms with Crippen LogP contribution in [0.1, 0.15) is 18.9 Å². The molecule has 0 saturated carbocycles. The van der Waals surface area contributed by atoms with Crippen LogP contribution in [0.25, 0.3) is 0 Å². The third kappa shape index (κ3) is 4.45. The molecule has 2 aromatic rings. The van der Waals surface area contributed by atoms with E-state index in [1.807, 2.05) is 48.2 Å². The molecule has 1 amide bonds. The minimum absolute atomic E-state index is 0.0185. The molecular weight excluding hydrogens is 336 g/mol. The highest BCUT2D eigenvalue weighted by atomic mass is 35.5. The van der Waals surface area contributed by atoms with Crippen molar-refractivity contribution in [3.8, 4) is 5.75 Å². The smallest absolute Gasteiger partial charge is 0.263 e. The van der Waals surface area contributed by atoms with Crippen molar-refractivity contribution in [1.82, 2.24) is 4.90 Å². The van der Waals surface area contributed by atoms with E-state index in [0.717, 1.165) is 24.2 Å². The number of halogens is 1. The normalized spacial score (nSPS) is 18.0. The molecule has 1 fully saturated rings. The van der Waals surface area contributed by atoms with Crippen molar-refractivity contribution < 1.29 is 9.53 Å². The number of anilines is 1. The highest BCUT2D eigenvalue weighted by Crippen LogP contribution is 2.23. The van der Waals surface area contributed by atoms with Gasteiger partial charge in [0, 0.05) is 29.8 Å². The number of ether oxygens (including phenoxy) is 1. The number of para-hydroxylation sites is 1. The topological polar surface area (TPSA) is 41.6 Å². The summed E-state index contributed by atoms with van der Waals surface area (Å²) in [5.41, 5.74) is 2.02. The van der Waals surface area contributed by atoms with E-state index in [0.29, 0.717) is 17.3 Å². The number of nitrogens with one attached hydrogen (secondary N) is 1. The Balaban J connectivity index is 1.55. The van der Waals surface area contributed by atoms with Crippen LogP contribution in [-0.2, 0) is 4.79 Å². The van der Waals surface area contributed by atoms with Gasteiger partial charge in [0.25, 0.3) is 5.91 Å². The summed E-state index contributed by atoms with van der Waals surface area (Å²) in [6, 6.07) is 15.8. The largest absolute Gasteiger partial charge is 0.481 e. The molecular formula is C20H23ClN2O2. The van der Waals surface area contributed by atoms with E-state index in [2.05, 4.69) is 5.32 Å². The molecule has 2 atom stereocenters. The van der Waals surface area contributed by atoms with Crippen LogP contribution in [0.4, 0.5) is 5.69 Å². The lowest BCUT2D eigenvalue weighted by atomic mass is 10.2. The summed E-state index contributed by atoms with van der Waals surface area (Å²) < 4.78 is 5.81. The predicted molar refractivity (Wildman–Crippen MR) is 101 cm³/mol. The van der Waals surface area contributed by atoms with E-state index >= 15 is 0 Å². The minimum Gasteiger partial charge on any atom is -0.481 e. The zero-order chi connectivity index (χ0) is 17.8. The van der Waals surface area contributed by atoms with Crippen LogP contribution < -0.4 is 10.1 Å². The van der Waals surface area contributed by atoms with Crippen LogP contribution in [0.3, 0.4) is 0 Å². The molecule has 25 heavy (non-hydrogen) atoms. The number of hydrogen-bond acceptors (Lipinski definition) is 3. The molecule has 0 radical (unpaired) electrons. The first-order valence-electron chi connectivity index (χ1n) is 8.56. The summed E-state index contributed by atoms with van der Waals surface area (Å²) in [5, 5.41) is 4.17. The summed E-state index contributed by atoms with van der Waals surface area (Å²) in [6.45, 7) is 5.16. The third-order valence-corrected chi connectivity index (χ3v) is 4.86. The van der Waals surface area contributed by atoms with Crippen LogP contribution in [0.5, 0.6) is 5.75 Å². The van der Waals surface area contributed by atoms with Gasteiger partial charge >= 0.3 is 0 Å². The predicted octanol–water partition coefficient (Wildman–Crippen LogP) is 4.13. The van der Waals surface area contributed by atoms with Crippen molar-refractivity contribution >= 4 is 23.2 Å². The van der Waals surface area contributed by atoms with E-state index in [1.165, 1.54) is 0 Å². The average Bonchev–Trinajstić information content (AvgIpc) is 3.07. The third-order valence-electron chi connectivity index (χ3n) is 4.43. The van der Waals surface area contributed by atoms with Gasteiger partial charge in [-0.25, -0.2) is 0 Å². The van der Waals surface area contributed by atoms with E-state index in [-0.39, 0.29) is 11.9 Å². The van der Waals surface area contributed by atoms with Crippen molar-refractivity contribution in [2.24, 2.45) is 0 Å². The molecule has 1 aliphatic heterocycles. The maximum Gasteiger partial charge on any atom is 0.263 e. The van der Waals surface area contributed by atoms with Crippen LogP contribution in [-0.4, -0.2) is 36.0 Å². The van der Waals surface area contributed by atoms with Crippen LogP contribution in [0.15, 0.2) is 48.5 Å². The SMILES string of the molecule is Cc1cc(OC(C)C(=O)N2CCC(Nc3ccccc3)C2)ccc1Cl. The molecule has 3 rings (SSSR count). The highest BCUT2D eigenvalue weighted by molar-refractivity contribution is 6.31. The standard InChI is InChI=1S/C20H23ClN2O2/c1-14-12-18(8-9-19(14)21)25-15(2)20(24)23-11-10-17(13-23)22-16-6-4-3-5-7-16/h3-9,12,15,17,22H,10-11,13H2,1-2H3. The lowest BCUT2D eigenvalue weighted by Gasteiger charge is -2.22. The highest BCUT2D eigenvalue weighted by Gasteiger charge is 2.29. The number of benzene rings is 2. The number of likely N-dealkylation sites (tertiary alicyclic amines) is 1. The molecule has 1 N–H and O–H groups in total. The van der Waals surface area contributed by atoms with Gasteiger partial charge in [0.15, 0.2) is 6.10 Å². The second-order valence-corrected chi connectivity index (χ2v) is 6.86. The maximum absolute atomic E-state index is 12.6. The lowest BCUT2D eigenvalue weighted by Crippen LogP contribution is -2.40. The summed E-state index contributed by atoms with van der Waals surface area (Å²) in [4.78, 5) is 14.5. The number of amides is 1. The Morgan fingerprint density at radius 3 is 2.76 bits per heavy atom. The number of aryl methyl sites for hydroxylation is 1. The molecule has 4 nitrogen and oxygen atoms in total. The van der Waals surface area contributed by atoms with Gasteiger partial charge in [-0.05, 0) is 56.2 Å². The molecule has 0 bridgehead atoms. The van der Waals surface area contributed by atoms with E-state index < -0.39 is 6.10 Å². The maximum atomic E-state index is 12.6. The fraction of sp³-hybridized carbons (Fsp3) is 0.350. The molecule has 0 aliphatic carbocycles. The van der Waals surface area contributed by atoms with Gasteiger partial charge in [0.1, 0.15) is 5.75 Å². The minimum atomic E-state index is -0.518. The Morgan fingerprint density at radius 1 is 1.28 bits per heavy atom. The number of carbonyl (C=O) groups is 1. The Kier molecular flexibility index (Phi) is 5.49. The average molecular weight is 359 g/mol. The fourth-order valence-electron chi connectivity index (χ4n) is 3.05. The van der Waals surface area contributed by atoms with Crippen LogP contribution in [0.2, 0.25) is 5.02 Å². The summed E-state index contributed by atoms with van der Waals surface area (Å²) in [5.74, 6) is 0.686. The number of nitrogens with zero attached hydrogens (tertiary/aromatic N) is 1. The quantitative estimate of drug-likeness (QED) is 0.873. The Morgan fingerprint density at radius 2 is 2.04 bits per heavy atom. The molecule has 1 saturated heterocycles. The Labute approximate surface area is 153 Å². The summed E-state index contributed by atoms with van der Waals surface area (Å²) >= 11 is 6.03. The fourth-order valence-corrected chi connectivity index (χ4v) is 3.17. The summed E-state index contributed by atoms with van der Waals surface area (Å²) in [6.07, 6.45) is 0.420. The molecule has 2 unspecified atom stereocenters. The van der Waals surface area contributed by atoms with Crippen molar-refractivity contribution in [1.29, 1.82) is 0 Å².